The number of fused-ring (bicyclic) bond motifs is 1. The Morgan fingerprint density at radius 3 is 2.57 bits per heavy atom. The number of carbonyl (C=O) groups is 1. The van der Waals surface area contributed by atoms with Gasteiger partial charge < -0.3 is 4.74 Å². The van der Waals surface area contributed by atoms with Crippen molar-refractivity contribution in [3.63, 3.8) is 0 Å². The Labute approximate surface area is 323 Å². The molecule has 266 valence electrons. The average Bonchev–Trinajstić information content (AvgIpc) is 3.88. The van der Waals surface area contributed by atoms with E-state index in [1.54, 1.807) is 120 Å². The average molecular weight is 719 g/mol. The Morgan fingerprint density at radius 1 is 0.821 bits per heavy atom. The largest absolute Gasteiger partial charge is 0.465 e. The van der Waals surface area contributed by atoms with Gasteiger partial charge in [-0.05, 0) is 171 Å². The predicted molar refractivity (Wildman–Crippen MR) is 222 cm³/mol. The molecule has 12 aliphatic carbocycles. The van der Waals surface area contributed by atoms with E-state index in [0.29, 0.717) is 48.5 Å². The Balaban J connectivity index is 1.04. The second kappa shape index (κ2) is 7.83. The summed E-state index contributed by atoms with van der Waals surface area (Å²) in [5.74, 6) is 3.11. The van der Waals surface area contributed by atoms with Crippen LogP contribution in [-0.4, -0.2) is 12.6 Å². The van der Waals surface area contributed by atoms with Gasteiger partial charge in [0, 0.05) is 40.9 Å². The molecule has 56 heavy (non-hydrogen) atoms. The van der Waals surface area contributed by atoms with E-state index in [1.807, 2.05) is 16.7 Å². The molecule has 2 heteroatoms. The summed E-state index contributed by atoms with van der Waals surface area (Å²) in [4.78, 5) is 13.3. The highest BCUT2D eigenvalue weighted by atomic mass is 16.5. The normalized spacial score (nSPS) is 33.1. The summed E-state index contributed by atoms with van der Waals surface area (Å²) >= 11 is 0. The fourth-order valence-corrected chi connectivity index (χ4v) is 17.8. The third-order valence-corrected chi connectivity index (χ3v) is 18.6. The van der Waals surface area contributed by atoms with Crippen molar-refractivity contribution in [2.24, 2.45) is 17.8 Å². The van der Waals surface area contributed by atoms with Gasteiger partial charge in [0.15, 0.2) is 0 Å². The molecule has 0 bridgehead atoms. The van der Waals surface area contributed by atoms with Crippen molar-refractivity contribution >= 4 is 76.9 Å². The van der Waals surface area contributed by atoms with E-state index in [2.05, 4.69) is 62.4 Å². The Morgan fingerprint density at radius 2 is 1.68 bits per heavy atom. The van der Waals surface area contributed by atoms with Crippen LogP contribution in [0, 0.1) is 17.8 Å². The smallest absolute Gasteiger partial charge is 0.305 e. The maximum atomic E-state index is 13.3. The fraction of sp³-hybridized carbons (Fsp3) is 0.352. The molecule has 12 aliphatic rings. The first kappa shape index (κ1) is 27.6. The molecule has 0 saturated heterocycles. The van der Waals surface area contributed by atoms with Crippen molar-refractivity contribution in [3.05, 3.63) is 120 Å². The van der Waals surface area contributed by atoms with Crippen molar-refractivity contribution in [3.8, 4) is 0 Å². The molecular weight excluding hydrogens is 681 g/mol. The van der Waals surface area contributed by atoms with Gasteiger partial charge in [-0.15, -0.1) is 0 Å². The summed E-state index contributed by atoms with van der Waals surface area (Å²) in [5.41, 5.74) is 25.6. The third-order valence-electron chi connectivity index (χ3n) is 18.6. The molecule has 1 fully saturated rings. The molecule has 0 aliphatic heterocycles. The van der Waals surface area contributed by atoms with Gasteiger partial charge in [-0.2, -0.15) is 0 Å². The maximum absolute atomic E-state index is 13.3. The number of hydrogen-bond donors (Lipinski definition) is 0. The Kier molecular flexibility index (Phi) is 3.86. The van der Waals surface area contributed by atoms with Crippen molar-refractivity contribution in [1.82, 2.24) is 0 Å². The van der Waals surface area contributed by atoms with Gasteiger partial charge in [-0.3, -0.25) is 4.79 Å². The first-order chi connectivity index (χ1) is 27.5. The molecule has 6 aromatic rings. The van der Waals surface area contributed by atoms with Gasteiger partial charge in [-0.1, -0.05) is 90.3 Å². The van der Waals surface area contributed by atoms with Crippen LogP contribution in [0.15, 0.2) is 65.3 Å². The van der Waals surface area contributed by atoms with Crippen molar-refractivity contribution in [2.45, 2.75) is 93.8 Å². The summed E-state index contributed by atoms with van der Waals surface area (Å²) in [6.07, 6.45) is 16.7. The van der Waals surface area contributed by atoms with Gasteiger partial charge in [0.25, 0.3) is 0 Å². The highest BCUT2D eigenvalue weighted by Crippen LogP contribution is 2.83. The Bertz CT molecular complexity index is 3540. The molecule has 0 N–H and O–H groups in total. The highest BCUT2D eigenvalue weighted by Gasteiger charge is 2.80. The number of benzene rings is 4. The lowest BCUT2D eigenvalue weighted by atomic mass is 9.61. The molecule has 1 spiro atoms. The standard InChI is InChI=1S/C54H38O2/c1-20(2)19-56-30(55)9-6-10-53(28-7-4-3-5-8-28)52-29-17-26-15-23-13-24-12-21-11-22-14-25-16-27-18-54(52,53)51-37(27)42-36(25)41-32(22)31(21)39-35(24)40-33(23)34(26)43-38(29)50(51)49-47(42)45(41)44(39)46(40)48(43)49/h3-5,7-8,13-14,18,20,24,32,35,39,52H,6,9-12,15-17,19H2,1-2H3. The van der Waals surface area contributed by atoms with E-state index in [1.165, 1.54) is 18.4 Å². The number of carbonyl (C=O) groups excluding carboxylic acids is 1. The second-order valence-electron chi connectivity index (χ2n) is 20.9. The lowest BCUT2D eigenvalue weighted by molar-refractivity contribution is -0.144. The summed E-state index contributed by atoms with van der Waals surface area (Å²) in [5, 5.41) is 18.6. The van der Waals surface area contributed by atoms with E-state index in [9.17, 15) is 4.79 Å². The summed E-state index contributed by atoms with van der Waals surface area (Å²) in [6.45, 7) is 4.77. The molecule has 0 radical (unpaired) electrons. The van der Waals surface area contributed by atoms with E-state index in [4.69, 9.17) is 4.74 Å². The van der Waals surface area contributed by atoms with Crippen LogP contribution in [-0.2, 0) is 20.4 Å². The lowest BCUT2D eigenvalue weighted by Gasteiger charge is -2.42. The third kappa shape index (κ3) is 2.28. The van der Waals surface area contributed by atoms with E-state index < -0.39 is 0 Å². The van der Waals surface area contributed by atoms with Crippen LogP contribution in [0.2, 0.25) is 0 Å². The highest BCUT2D eigenvalue weighted by molar-refractivity contribution is 6.42. The molecule has 18 rings (SSSR count). The van der Waals surface area contributed by atoms with Crippen LogP contribution in [0.5, 0.6) is 0 Å². The van der Waals surface area contributed by atoms with E-state index in [0.717, 1.165) is 32.1 Å². The molecular formula is C54H38O2. The number of ether oxygens (including phenoxy) is 1. The number of esters is 1. The van der Waals surface area contributed by atoms with Gasteiger partial charge in [0.2, 0.25) is 0 Å². The van der Waals surface area contributed by atoms with Gasteiger partial charge in [0.1, 0.15) is 0 Å². The zero-order valence-corrected chi connectivity index (χ0v) is 31.8. The summed E-state index contributed by atoms with van der Waals surface area (Å²) in [6, 6.07) is 11.7. The minimum atomic E-state index is -0.0807. The quantitative estimate of drug-likeness (QED) is 0.0935. The second-order valence-corrected chi connectivity index (χ2v) is 20.9. The molecule has 1 saturated carbocycles. The number of rotatable bonds is 7. The van der Waals surface area contributed by atoms with Crippen LogP contribution in [0.1, 0.15) is 122 Å². The molecule has 0 heterocycles. The van der Waals surface area contributed by atoms with Crippen molar-refractivity contribution in [2.75, 3.05) is 6.61 Å². The number of allylic oxidation sites excluding steroid dienone is 8. The van der Waals surface area contributed by atoms with Gasteiger partial charge in [0.05, 0.1) is 6.61 Å². The van der Waals surface area contributed by atoms with Crippen molar-refractivity contribution in [1.29, 1.82) is 0 Å². The number of hydrogen-bond acceptors (Lipinski definition) is 2. The maximum Gasteiger partial charge on any atom is 0.305 e. The Hall–Kier alpha value is -4.95. The molecule has 7 unspecified atom stereocenters. The monoisotopic (exact) mass is 718 g/mol. The topological polar surface area (TPSA) is 26.3 Å². The lowest BCUT2D eigenvalue weighted by Crippen LogP contribution is -2.31. The molecule has 0 amide bonds. The SMILES string of the molecule is CC(C)COC(=O)CCCC1(c2ccccc2)C2C3=c4c5c6c7c8c9c%10c%11c%12c%13c%14c%15c(c4c%13c5c%118)=C(CC%15=CC4CC5=C(C%10C(=CC=9CC7=CC621)C5)C%12C%144)C3. The van der Waals surface area contributed by atoms with Crippen molar-refractivity contribution < 1.29 is 9.53 Å². The molecule has 6 aromatic carbocycles. The van der Waals surface area contributed by atoms with Gasteiger partial charge in [-0.25, -0.2) is 0 Å². The predicted octanol–water partition coefficient (Wildman–Crippen LogP) is 9.48. The summed E-state index contributed by atoms with van der Waals surface area (Å²) in [7, 11) is 0. The van der Waals surface area contributed by atoms with Crippen LogP contribution < -0.4 is 15.7 Å². The zero-order valence-electron chi connectivity index (χ0n) is 31.8. The minimum Gasteiger partial charge on any atom is -0.465 e. The minimum absolute atomic E-state index is 0.0278. The first-order valence-corrected chi connectivity index (χ1v) is 22.0. The zero-order chi connectivity index (χ0) is 35.8. The van der Waals surface area contributed by atoms with Crippen LogP contribution in [0.25, 0.3) is 71.0 Å². The first-order valence-electron chi connectivity index (χ1n) is 22.0. The fourth-order valence-electron chi connectivity index (χ4n) is 17.8. The van der Waals surface area contributed by atoms with Crippen LogP contribution >= 0.6 is 0 Å². The van der Waals surface area contributed by atoms with E-state index in [-0.39, 0.29) is 16.8 Å². The summed E-state index contributed by atoms with van der Waals surface area (Å²) < 4.78 is 5.79. The molecule has 2 nitrogen and oxygen atoms in total. The molecule has 0 aromatic heterocycles. The van der Waals surface area contributed by atoms with Crippen LogP contribution in [0.3, 0.4) is 0 Å². The van der Waals surface area contributed by atoms with E-state index >= 15 is 0 Å². The van der Waals surface area contributed by atoms with Gasteiger partial charge >= 0.3 is 5.97 Å². The van der Waals surface area contributed by atoms with Crippen LogP contribution in [0.4, 0.5) is 0 Å². The molecule has 7 atom stereocenters.